The van der Waals surface area contributed by atoms with E-state index in [1.807, 2.05) is 7.05 Å². The van der Waals surface area contributed by atoms with Gasteiger partial charge in [-0.15, -0.1) is 0 Å². The number of hydrogen-bond acceptors (Lipinski definition) is 4. The van der Waals surface area contributed by atoms with Crippen LogP contribution < -0.4 is 5.32 Å². The Hall–Kier alpha value is -1.68. The molecule has 0 amide bonds. The first kappa shape index (κ1) is 15.7. The van der Waals surface area contributed by atoms with E-state index in [9.17, 15) is 0 Å². The largest absolute Gasteiger partial charge is 0.339 e. The lowest BCUT2D eigenvalue weighted by Gasteiger charge is -2.29. The van der Waals surface area contributed by atoms with Gasteiger partial charge in [-0.2, -0.15) is 4.98 Å². The number of aryl methyl sites for hydroxylation is 1. The summed E-state index contributed by atoms with van der Waals surface area (Å²) >= 11 is 0. The van der Waals surface area contributed by atoms with E-state index in [-0.39, 0.29) is 5.41 Å². The maximum Gasteiger partial charge on any atom is 0.228 e. The molecule has 0 radical (unpaired) electrons. The van der Waals surface area contributed by atoms with Crippen molar-refractivity contribution in [3.8, 4) is 0 Å². The van der Waals surface area contributed by atoms with E-state index >= 15 is 0 Å². The topological polar surface area (TPSA) is 51.0 Å². The molecule has 4 nitrogen and oxygen atoms in total. The van der Waals surface area contributed by atoms with Gasteiger partial charge in [-0.25, -0.2) is 0 Å². The van der Waals surface area contributed by atoms with Crippen molar-refractivity contribution in [2.75, 3.05) is 7.05 Å². The second kappa shape index (κ2) is 6.39. The summed E-state index contributed by atoms with van der Waals surface area (Å²) in [4.78, 5) is 4.51. The number of nitrogens with one attached hydrogen (secondary N) is 1. The van der Waals surface area contributed by atoms with Crippen LogP contribution >= 0.6 is 0 Å². The first-order chi connectivity index (χ1) is 9.88. The van der Waals surface area contributed by atoms with Gasteiger partial charge in [0.15, 0.2) is 5.82 Å². The quantitative estimate of drug-likeness (QED) is 0.918. The summed E-state index contributed by atoms with van der Waals surface area (Å²) < 4.78 is 5.39. The van der Waals surface area contributed by atoms with Crippen LogP contribution in [0.3, 0.4) is 0 Å². The Labute approximate surface area is 127 Å². The molecule has 4 heteroatoms. The third-order valence-electron chi connectivity index (χ3n) is 3.77. The fourth-order valence-electron chi connectivity index (χ4n) is 2.35. The Kier molecular flexibility index (Phi) is 4.78. The number of rotatable bonds is 5. The normalized spacial score (nSPS) is 13.4. The van der Waals surface area contributed by atoms with Crippen molar-refractivity contribution in [1.82, 2.24) is 15.5 Å². The maximum atomic E-state index is 5.39. The van der Waals surface area contributed by atoms with Gasteiger partial charge < -0.3 is 9.84 Å². The molecule has 0 aliphatic rings. The Bertz CT molecular complexity index is 566. The Morgan fingerprint density at radius 2 is 1.86 bits per heavy atom. The summed E-state index contributed by atoms with van der Waals surface area (Å²) in [5.74, 6) is 1.45. The average molecular weight is 287 g/mol. The molecule has 1 aromatic carbocycles. The van der Waals surface area contributed by atoms with E-state index in [0.717, 1.165) is 12.2 Å². The minimum Gasteiger partial charge on any atom is -0.339 e. The summed E-state index contributed by atoms with van der Waals surface area (Å²) in [6, 6.07) is 8.73. The highest BCUT2D eigenvalue weighted by atomic mass is 16.5. The van der Waals surface area contributed by atoms with E-state index in [1.165, 1.54) is 11.1 Å². The molecule has 0 aliphatic heterocycles. The van der Waals surface area contributed by atoms with Gasteiger partial charge in [-0.1, -0.05) is 55.8 Å². The molecule has 0 fully saturated rings. The van der Waals surface area contributed by atoms with Crippen LogP contribution in [0.5, 0.6) is 0 Å². The summed E-state index contributed by atoms with van der Waals surface area (Å²) in [6.07, 6.45) is 1.46. The maximum absolute atomic E-state index is 5.39. The van der Waals surface area contributed by atoms with Crippen molar-refractivity contribution in [2.24, 2.45) is 5.41 Å². The number of aromatic nitrogens is 2. The third kappa shape index (κ3) is 4.39. The highest BCUT2D eigenvalue weighted by molar-refractivity contribution is 5.23. The minimum absolute atomic E-state index is 0.153. The van der Waals surface area contributed by atoms with Crippen LogP contribution in [0.1, 0.15) is 43.6 Å². The van der Waals surface area contributed by atoms with Gasteiger partial charge in [0, 0.05) is 18.9 Å². The van der Waals surface area contributed by atoms with E-state index in [1.54, 1.807) is 0 Å². The van der Waals surface area contributed by atoms with Crippen molar-refractivity contribution in [3.05, 3.63) is 47.1 Å². The molecule has 1 N–H and O–H groups in total. The van der Waals surface area contributed by atoms with Crippen LogP contribution in [0.4, 0.5) is 0 Å². The standard InChI is InChI=1S/C17H25N3O/c1-12-6-8-13(9-7-12)10-15-19-16(21-20-15)11-14(18-5)17(2,3)4/h6-9,14,18H,10-11H2,1-5H3. The SMILES string of the molecule is CNC(Cc1nc(Cc2ccc(C)cc2)no1)C(C)(C)C. The third-order valence-corrected chi connectivity index (χ3v) is 3.77. The van der Waals surface area contributed by atoms with Crippen LogP contribution in [-0.2, 0) is 12.8 Å². The Morgan fingerprint density at radius 3 is 2.43 bits per heavy atom. The van der Waals surface area contributed by atoms with Crippen molar-refractivity contribution >= 4 is 0 Å². The van der Waals surface area contributed by atoms with E-state index < -0.39 is 0 Å². The summed E-state index contributed by atoms with van der Waals surface area (Å²) in [7, 11) is 1.97. The average Bonchev–Trinajstić information content (AvgIpc) is 2.85. The fraction of sp³-hybridized carbons (Fsp3) is 0.529. The predicted octanol–water partition coefficient (Wildman–Crippen LogP) is 3.15. The lowest BCUT2D eigenvalue weighted by atomic mass is 9.85. The molecule has 114 valence electrons. The second-order valence-electron chi connectivity index (χ2n) is 6.68. The summed E-state index contributed by atoms with van der Waals surface area (Å²) in [5.41, 5.74) is 2.61. The molecule has 0 bridgehead atoms. The van der Waals surface area contributed by atoms with Gasteiger partial charge in [0.05, 0.1) is 0 Å². The van der Waals surface area contributed by atoms with Gasteiger partial charge in [-0.05, 0) is 24.9 Å². The van der Waals surface area contributed by atoms with Crippen LogP contribution in [-0.4, -0.2) is 23.2 Å². The predicted molar refractivity (Wildman–Crippen MR) is 84.3 cm³/mol. The fourth-order valence-corrected chi connectivity index (χ4v) is 2.35. The smallest absolute Gasteiger partial charge is 0.228 e. The lowest BCUT2D eigenvalue weighted by Crippen LogP contribution is -2.39. The van der Waals surface area contributed by atoms with E-state index in [0.29, 0.717) is 18.4 Å². The first-order valence-corrected chi connectivity index (χ1v) is 7.43. The Morgan fingerprint density at radius 1 is 1.19 bits per heavy atom. The molecular formula is C17H25N3O. The lowest BCUT2D eigenvalue weighted by molar-refractivity contribution is 0.255. The number of nitrogens with zero attached hydrogens (tertiary/aromatic N) is 2. The van der Waals surface area contributed by atoms with Gasteiger partial charge in [0.1, 0.15) is 0 Å². The molecule has 21 heavy (non-hydrogen) atoms. The van der Waals surface area contributed by atoms with Crippen LogP contribution in [0.25, 0.3) is 0 Å². The van der Waals surface area contributed by atoms with Crippen LogP contribution in [0.2, 0.25) is 0 Å². The van der Waals surface area contributed by atoms with Gasteiger partial charge in [-0.3, -0.25) is 0 Å². The second-order valence-corrected chi connectivity index (χ2v) is 6.68. The molecule has 0 aliphatic carbocycles. The number of likely N-dealkylation sites (N-methyl/N-ethyl adjacent to an activating group) is 1. The van der Waals surface area contributed by atoms with Crippen molar-refractivity contribution in [2.45, 2.75) is 46.6 Å². The van der Waals surface area contributed by atoms with Crippen molar-refractivity contribution in [3.63, 3.8) is 0 Å². The van der Waals surface area contributed by atoms with Gasteiger partial charge >= 0.3 is 0 Å². The molecule has 0 spiro atoms. The number of benzene rings is 1. The molecule has 0 saturated carbocycles. The van der Waals surface area contributed by atoms with Gasteiger partial charge in [0.2, 0.25) is 5.89 Å². The molecule has 2 rings (SSSR count). The van der Waals surface area contributed by atoms with Crippen LogP contribution in [0, 0.1) is 12.3 Å². The highest BCUT2D eigenvalue weighted by Gasteiger charge is 2.25. The molecule has 0 saturated heterocycles. The first-order valence-electron chi connectivity index (χ1n) is 7.43. The molecule has 1 aromatic heterocycles. The molecule has 1 heterocycles. The zero-order valence-corrected chi connectivity index (χ0v) is 13.6. The molecule has 2 aromatic rings. The van der Waals surface area contributed by atoms with E-state index in [2.05, 4.69) is 67.4 Å². The summed E-state index contributed by atoms with van der Waals surface area (Å²) in [6.45, 7) is 8.70. The summed E-state index contributed by atoms with van der Waals surface area (Å²) in [5, 5.41) is 7.42. The van der Waals surface area contributed by atoms with Gasteiger partial charge in [0.25, 0.3) is 0 Å². The van der Waals surface area contributed by atoms with Crippen molar-refractivity contribution in [1.29, 1.82) is 0 Å². The van der Waals surface area contributed by atoms with E-state index in [4.69, 9.17) is 4.52 Å². The zero-order chi connectivity index (χ0) is 15.5. The highest BCUT2D eigenvalue weighted by Crippen LogP contribution is 2.22. The zero-order valence-electron chi connectivity index (χ0n) is 13.6. The number of hydrogen-bond donors (Lipinski definition) is 1. The van der Waals surface area contributed by atoms with Crippen LogP contribution in [0.15, 0.2) is 28.8 Å². The molecule has 1 unspecified atom stereocenters. The van der Waals surface area contributed by atoms with Crippen molar-refractivity contribution < 1.29 is 4.52 Å². The molecular weight excluding hydrogens is 262 g/mol. The Balaban J connectivity index is 2.02. The minimum atomic E-state index is 0.153. The monoisotopic (exact) mass is 287 g/mol. The molecule has 1 atom stereocenters.